The van der Waals surface area contributed by atoms with Crippen LogP contribution in [0.5, 0.6) is 0 Å². The molecule has 6 nitrogen and oxygen atoms in total. The zero-order chi connectivity index (χ0) is 16.7. The van der Waals surface area contributed by atoms with Crippen molar-refractivity contribution in [2.45, 2.75) is 12.5 Å². The number of carbonyl (C=O) groups is 2. The van der Waals surface area contributed by atoms with E-state index in [-0.39, 0.29) is 18.2 Å². The Morgan fingerprint density at radius 3 is 2.75 bits per heavy atom. The molecule has 0 aliphatic carbocycles. The number of amides is 2. The third-order valence-corrected chi connectivity index (χ3v) is 4.20. The second kappa shape index (κ2) is 5.65. The monoisotopic (exact) mass is 340 g/mol. The molecule has 0 bridgehead atoms. The van der Waals surface area contributed by atoms with Gasteiger partial charge in [-0.05, 0) is 36.4 Å². The Labute approximate surface area is 142 Å². The Hall–Kier alpha value is -2.86. The van der Waals surface area contributed by atoms with Gasteiger partial charge in [-0.1, -0.05) is 23.7 Å². The van der Waals surface area contributed by atoms with Crippen LogP contribution in [0.1, 0.15) is 12.5 Å². The lowest BCUT2D eigenvalue weighted by Crippen LogP contribution is -2.35. The van der Waals surface area contributed by atoms with Crippen LogP contribution in [0.15, 0.2) is 48.5 Å². The molecule has 0 saturated heterocycles. The number of carbonyl (C=O) groups excluding carboxylic acids is 2. The molecule has 7 heteroatoms. The second-order valence-corrected chi connectivity index (χ2v) is 5.99. The van der Waals surface area contributed by atoms with Crippen LogP contribution in [0, 0.1) is 0 Å². The maximum atomic E-state index is 12.7. The van der Waals surface area contributed by atoms with E-state index in [1.165, 1.54) is 0 Å². The van der Waals surface area contributed by atoms with E-state index in [0.717, 1.165) is 11.0 Å². The number of rotatable bonds is 2. The molecule has 1 aliphatic rings. The topological polar surface area (TPSA) is 76.0 Å². The number of para-hydroxylation sites is 2. The first-order valence-electron chi connectivity index (χ1n) is 7.45. The van der Waals surface area contributed by atoms with Gasteiger partial charge in [-0.2, -0.15) is 0 Å². The predicted molar refractivity (Wildman–Crippen MR) is 92.1 cm³/mol. The molecule has 4 rings (SSSR count). The molecule has 2 amide bonds. The third kappa shape index (κ3) is 2.51. The van der Waals surface area contributed by atoms with Crippen molar-refractivity contribution >= 4 is 46.1 Å². The van der Waals surface area contributed by atoms with Crippen molar-refractivity contribution in [1.82, 2.24) is 9.55 Å². The number of benzene rings is 2. The molecular weight excluding hydrogens is 328 g/mol. The summed E-state index contributed by atoms with van der Waals surface area (Å²) >= 11 is 5.86. The van der Waals surface area contributed by atoms with Crippen molar-refractivity contribution < 1.29 is 9.59 Å². The van der Waals surface area contributed by atoms with Crippen molar-refractivity contribution in [3.05, 3.63) is 53.6 Å². The van der Waals surface area contributed by atoms with E-state index in [9.17, 15) is 9.59 Å². The summed E-state index contributed by atoms with van der Waals surface area (Å²) in [6.07, 6.45) is 0.0623. The summed E-state index contributed by atoms with van der Waals surface area (Å²) in [5.41, 5.74) is 2.17. The van der Waals surface area contributed by atoms with Crippen LogP contribution in [0.3, 0.4) is 0 Å². The highest BCUT2D eigenvalue weighted by Crippen LogP contribution is 2.31. The normalized spacial score (nSPS) is 16.5. The van der Waals surface area contributed by atoms with Gasteiger partial charge in [0, 0.05) is 10.7 Å². The van der Waals surface area contributed by atoms with Crippen molar-refractivity contribution in [2.75, 3.05) is 10.6 Å². The van der Waals surface area contributed by atoms with E-state index in [2.05, 4.69) is 15.6 Å². The Kier molecular flexibility index (Phi) is 3.46. The number of hydrogen-bond donors (Lipinski definition) is 2. The van der Waals surface area contributed by atoms with E-state index in [1.54, 1.807) is 28.8 Å². The molecule has 2 N–H and O–H groups in total. The molecule has 2 heterocycles. The molecule has 1 atom stereocenters. The fourth-order valence-corrected chi connectivity index (χ4v) is 2.99. The molecule has 0 radical (unpaired) electrons. The van der Waals surface area contributed by atoms with Crippen LogP contribution in [-0.2, 0) is 9.59 Å². The van der Waals surface area contributed by atoms with Gasteiger partial charge in [-0.3, -0.25) is 19.5 Å². The average molecular weight is 341 g/mol. The minimum atomic E-state index is -0.656. The Balaban J connectivity index is 1.72. The highest BCUT2D eigenvalue weighted by molar-refractivity contribution is 6.30. The van der Waals surface area contributed by atoms with E-state index in [4.69, 9.17) is 11.6 Å². The first-order chi connectivity index (χ1) is 11.6. The zero-order valence-electron chi connectivity index (χ0n) is 12.5. The van der Waals surface area contributed by atoms with E-state index in [1.807, 2.05) is 24.3 Å². The zero-order valence-corrected chi connectivity index (χ0v) is 13.2. The Morgan fingerprint density at radius 1 is 1.21 bits per heavy atom. The summed E-state index contributed by atoms with van der Waals surface area (Å²) in [5.74, 6) is -0.102. The van der Waals surface area contributed by atoms with Crippen LogP contribution in [0.2, 0.25) is 5.02 Å². The standard InChI is InChI=1S/C17H13ClN4O2/c18-10-5-7-11(8-6-10)19-16(24)14-9-15(23)21-17-20-12-3-1-2-4-13(12)22(14)17/h1-8,14H,9H2,(H,19,24)(H,20,21,23)/t14-/m0/s1. The number of anilines is 2. The van der Waals surface area contributed by atoms with Gasteiger partial charge in [0.15, 0.2) is 0 Å². The van der Waals surface area contributed by atoms with Crippen molar-refractivity contribution in [3.63, 3.8) is 0 Å². The minimum Gasteiger partial charge on any atom is -0.324 e. The van der Waals surface area contributed by atoms with Crippen LogP contribution in [-0.4, -0.2) is 21.4 Å². The number of nitrogens with zero attached hydrogens (tertiary/aromatic N) is 2. The molecule has 0 spiro atoms. The summed E-state index contributed by atoms with van der Waals surface area (Å²) in [6, 6.07) is 13.6. The largest absolute Gasteiger partial charge is 0.324 e. The van der Waals surface area contributed by atoms with Crippen LogP contribution in [0.4, 0.5) is 11.6 Å². The average Bonchev–Trinajstić information content (AvgIpc) is 2.94. The maximum Gasteiger partial charge on any atom is 0.248 e. The Morgan fingerprint density at radius 2 is 1.96 bits per heavy atom. The lowest BCUT2D eigenvalue weighted by Gasteiger charge is -2.24. The SMILES string of the molecule is O=C1C[C@@H](C(=O)Nc2ccc(Cl)cc2)n2c(nc3ccccc32)N1. The molecule has 1 aliphatic heterocycles. The highest BCUT2D eigenvalue weighted by Gasteiger charge is 2.32. The highest BCUT2D eigenvalue weighted by atomic mass is 35.5. The van der Waals surface area contributed by atoms with Crippen LogP contribution in [0.25, 0.3) is 11.0 Å². The smallest absolute Gasteiger partial charge is 0.248 e. The lowest BCUT2D eigenvalue weighted by atomic mass is 10.1. The fraction of sp³-hybridized carbons (Fsp3) is 0.118. The number of hydrogen-bond acceptors (Lipinski definition) is 3. The number of nitrogens with one attached hydrogen (secondary N) is 2. The van der Waals surface area contributed by atoms with Gasteiger partial charge >= 0.3 is 0 Å². The molecule has 0 saturated carbocycles. The molecule has 1 aromatic heterocycles. The van der Waals surface area contributed by atoms with Crippen molar-refractivity contribution in [1.29, 1.82) is 0 Å². The van der Waals surface area contributed by atoms with Gasteiger partial charge in [-0.15, -0.1) is 0 Å². The van der Waals surface area contributed by atoms with Crippen LogP contribution >= 0.6 is 11.6 Å². The fourth-order valence-electron chi connectivity index (χ4n) is 2.86. The summed E-state index contributed by atoms with van der Waals surface area (Å²) in [6.45, 7) is 0. The number of aromatic nitrogens is 2. The van der Waals surface area contributed by atoms with Crippen LogP contribution < -0.4 is 10.6 Å². The van der Waals surface area contributed by atoms with Gasteiger partial charge in [-0.25, -0.2) is 4.98 Å². The van der Waals surface area contributed by atoms with Gasteiger partial charge in [0.2, 0.25) is 17.8 Å². The second-order valence-electron chi connectivity index (χ2n) is 5.56. The number of halogens is 1. The molecule has 120 valence electrons. The van der Waals surface area contributed by atoms with Crippen molar-refractivity contribution in [2.24, 2.45) is 0 Å². The lowest BCUT2D eigenvalue weighted by molar-refractivity contribution is -0.124. The van der Waals surface area contributed by atoms with E-state index < -0.39 is 6.04 Å². The van der Waals surface area contributed by atoms with E-state index >= 15 is 0 Å². The van der Waals surface area contributed by atoms with E-state index in [0.29, 0.717) is 16.7 Å². The third-order valence-electron chi connectivity index (χ3n) is 3.95. The maximum absolute atomic E-state index is 12.7. The van der Waals surface area contributed by atoms with Gasteiger partial charge in [0.1, 0.15) is 6.04 Å². The van der Waals surface area contributed by atoms with Crippen molar-refractivity contribution in [3.8, 4) is 0 Å². The quantitative estimate of drug-likeness (QED) is 0.752. The predicted octanol–water partition coefficient (Wildman–Crippen LogP) is 3.21. The summed E-state index contributed by atoms with van der Waals surface area (Å²) < 4.78 is 1.77. The first-order valence-corrected chi connectivity index (χ1v) is 7.83. The van der Waals surface area contributed by atoms with Gasteiger partial charge in [0.05, 0.1) is 17.5 Å². The Bertz CT molecular complexity index is 949. The van der Waals surface area contributed by atoms with Gasteiger partial charge in [0.25, 0.3) is 0 Å². The summed E-state index contributed by atoms with van der Waals surface area (Å²) in [7, 11) is 0. The summed E-state index contributed by atoms with van der Waals surface area (Å²) in [5, 5.41) is 6.14. The molecule has 0 unspecified atom stereocenters. The number of fused-ring (bicyclic) bond motifs is 3. The minimum absolute atomic E-state index is 0.0623. The molecular formula is C17H13ClN4O2. The summed E-state index contributed by atoms with van der Waals surface area (Å²) in [4.78, 5) is 29.1. The molecule has 2 aromatic carbocycles. The molecule has 3 aromatic rings. The first kappa shape index (κ1) is 14.7. The number of imidazole rings is 1. The molecule has 0 fully saturated rings. The van der Waals surface area contributed by atoms with Gasteiger partial charge < -0.3 is 5.32 Å². The molecule has 24 heavy (non-hydrogen) atoms.